The van der Waals surface area contributed by atoms with Crippen molar-refractivity contribution in [2.24, 2.45) is 5.92 Å². The van der Waals surface area contributed by atoms with Crippen molar-refractivity contribution >= 4 is 42.8 Å². The Morgan fingerprint density at radius 1 is 0.909 bits per heavy atom. The highest BCUT2D eigenvalue weighted by Gasteiger charge is 2.31. The molecule has 2 aromatic carbocycles. The molecule has 0 radical (unpaired) electrons. The Labute approximate surface area is 258 Å². The van der Waals surface area contributed by atoms with Gasteiger partial charge in [-0.05, 0) is 82.7 Å². The molecule has 234 valence electrons. The van der Waals surface area contributed by atoms with Crippen molar-refractivity contribution in [3.63, 3.8) is 0 Å². The quantitative estimate of drug-likeness (QED) is 0.164. The number of aromatic nitrogens is 2. The molecule has 1 saturated carbocycles. The average molecular weight is 640 g/mol. The molecule has 0 atom stereocenters. The van der Waals surface area contributed by atoms with Crippen molar-refractivity contribution in [1.82, 2.24) is 8.96 Å². The number of fused-ring (bicyclic) bond motifs is 1. The maximum absolute atomic E-state index is 13.6. The minimum Gasteiger partial charge on any atom is -0.462 e. The van der Waals surface area contributed by atoms with Crippen LogP contribution in [-0.2, 0) is 29.1 Å². The first-order valence-electron chi connectivity index (χ1n) is 14.6. The monoisotopic (exact) mass is 639 g/mol. The first-order valence-corrected chi connectivity index (χ1v) is 17.5. The van der Waals surface area contributed by atoms with Crippen LogP contribution >= 0.6 is 0 Å². The number of rotatable bonds is 10. The molecule has 0 unspecified atom stereocenters. The van der Waals surface area contributed by atoms with E-state index in [1.54, 1.807) is 61.5 Å². The number of hydrogen-bond donors (Lipinski definition) is 0. The molecule has 0 saturated heterocycles. The fourth-order valence-electron chi connectivity index (χ4n) is 5.65. The topological polar surface area (TPSA) is 125 Å². The van der Waals surface area contributed by atoms with Crippen molar-refractivity contribution < 1.29 is 30.6 Å². The van der Waals surface area contributed by atoms with E-state index in [9.17, 15) is 21.6 Å². The van der Waals surface area contributed by atoms with Gasteiger partial charge in [0.25, 0.3) is 20.1 Å². The Bertz CT molecular complexity index is 1860. The molecule has 0 bridgehead atoms. The number of nitrogens with zero attached hydrogens (tertiary/aromatic N) is 3. The highest BCUT2D eigenvalue weighted by Crippen LogP contribution is 2.37. The van der Waals surface area contributed by atoms with Gasteiger partial charge in [-0.3, -0.25) is 4.18 Å². The lowest BCUT2D eigenvalue weighted by Crippen LogP contribution is -2.37. The lowest BCUT2D eigenvalue weighted by molar-refractivity contribution is 0.0526. The van der Waals surface area contributed by atoms with Gasteiger partial charge in [0.15, 0.2) is 5.65 Å². The molecule has 0 aliphatic heterocycles. The number of carbonyl (C=O) groups excluding carboxylic acids is 1. The van der Waals surface area contributed by atoms with Gasteiger partial charge >= 0.3 is 5.97 Å². The number of ether oxygens (including phenoxy) is 1. The summed E-state index contributed by atoms with van der Waals surface area (Å²) in [4.78, 5) is 19.7. The Morgan fingerprint density at radius 3 is 2.09 bits per heavy atom. The van der Waals surface area contributed by atoms with Gasteiger partial charge in [-0.25, -0.2) is 22.2 Å². The van der Waals surface area contributed by atoms with Crippen LogP contribution in [0.4, 0.5) is 5.69 Å². The number of pyridine rings is 1. The van der Waals surface area contributed by atoms with Gasteiger partial charge in [-0.1, -0.05) is 35.4 Å². The molecule has 2 heterocycles. The van der Waals surface area contributed by atoms with Crippen molar-refractivity contribution in [2.75, 3.05) is 25.2 Å². The largest absolute Gasteiger partial charge is 0.462 e. The molecule has 1 fully saturated rings. The van der Waals surface area contributed by atoms with Gasteiger partial charge < -0.3 is 9.64 Å². The van der Waals surface area contributed by atoms with Crippen LogP contribution in [0.3, 0.4) is 0 Å². The summed E-state index contributed by atoms with van der Waals surface area (Å²) in [6.45, 7) is 5.78. The minimum absolute atomic E-state index is 0.00999. The lowest BCUT2D eigenvalue weighted by Gasteiger charge is -2.36. The lowest BCUT2D eigenvalue weighted by atomic mass is 9.85. The molecule has 10 nitrogen and oxygen atoms in total. The third-order valence-corrected chi connectivity index (χ3v) is 11.2. The number of aryl methyl sites for hydroxylation is 2. The predicted molar refractivity (Wildman–Crippen MR) is 168 cm³/mol. The van der Waals surface area contributed by atoms with E-state index in [1.165, 1.54) is 12.4 Å². The summed E-state index contributed by atoms with van der Waals surface area (Å²) < 4.78 is 64.4. The Morgan fingerprint density at radius 2 is 1.50 bits per heavy atom. The maximum Gasteiger partial charge on any atom is 0.341 e. The molecule has 12 heteroatoms. The van der Waals surface area contributed by atoms with Gasteiger partial charge in [-0.15, -0.1) is 0 Å². The summed E-state index contributed by atoms with van der Waals surface area (Å²) in [5, 5.41) is 0.517. The SMILES string of the molecule is CCOC(=O)c1cnc2c(ccn2S(=O)(=O)c2ccc(C)cc2)c1N(C)C1CCC(COS(=O)(=O)c2ccc(C)cc2)CC1. The van der Waals surface area contributed by atoms with E-state index in [0.29, 0.717) is 11.1 Å². The number of carbonyl (C=O) groups is 1. The molecule has 0 amide bonds. The van der Waals surface area contributed by atoms with Gasteiger partial charge in [0.05, 0.1) is 28.7 Å². The molecule has 4 aromatic rings. The van der Waals surface area contributed by atoms with Crippen LogP contribution in [0.15, 0.2) is 76.8 Å². The maximum atomic E-state index is 13.6. The molecule has 2 aromatic heterocycles. The van der Waals surface area contributed by atoms with Crippen LogP contribution in [0.25, 0.3) is 11.0 Å². The molecule has 1 aliphatic carbocycles. The molecular weight excluding hydrogens is 603 g/mol. The van der Waals surface area contributed by atoms with Crippen molar-refractivity contribution in [2.45, 2.75) is 62.3 Å². The van der Waals surface area contributed by atoms with E-state index >= 15 is 0 Å². The third kappa shape index (κ3) is 6.38. The average Bonchev–Trinajstić information content (AvgIpc) is 3.45. The highest BCUT2D eigenvalue weighted by molar-refractivity contribution is 7.90. The number of esters is 1. The van der Waals surface area contributed by atoms with Crippen LogP contribution in [0.2, 0.25) is 0 Å². The number of benzene rings is 2. The van der Waals surface area contributed by atoms with Crippen molar-refractivity contribution in [3.05, 3.63) is 83.7 Å². The van der Waals surface area contributed by atoms with Crippen molar-refractivity contribution in [3.8, 4) is 0 Å². The molecule has 1 aliphatic rings. The van der Waals surface area contributed by atoms with E-state index < -0.39 is 26.1 Å². The number of hydrogen-bond acceptors (Lipinski definition) is 9. The van der Waals surface area contributed by atoms with Gasteiger partial charge in [0.1, 0.15) is 5.56 Å². The molecule has 5 rings (SSSR count). The van der Waals surface area contributed by atoms with Crippen LogP contribution in [0.5, 0.6) is 0 Å². The Hall–Kier alpha value is -3.74. The zero-order chi connectivity index (χ0) is 31.6. The zero-order valence-electron chi connectivity index (χ0n) is 25.3. The number of anilines is 1. The molecule has 44 heavy (non-hydrogen) atoms. The summed E-state index contributed by atoms with van der Waals surface area (Å²) >= 11 is 0. The Kier molecular flexibility index (Phi) is 9.15. The summed E-state index contributed by atoms with van der Waals surface area (Å²) in [5.74, 6) is -0.483. The smallest absolute Gasteiger partial charge is 0.341 e. The van der Waals surface area contributed by atoms with Crippen LogP contribution in [-0.4, -0.2) is 58.1 Å². The van der Waals surface area contributed by atoms with Crippen LogP contribution in [0, 0.1) is 19.8 Å². The van der Waals surface area contributed by atoms with Crippen molar-refractivity contribution in [1.29, 1.82) is 0 Å². The summed E-state index contributed by atoms with van der Waals surface area (Å²) in [7, 11) is -5.91. The second-order valence-electron chi connectivity index (χ2n) is 11.2. The van der Waals surface area contributed by atoms with E-state index in [4.69, 9.17) is 8.92 Å². The van der Waals surface area contributed by atoms with E-state index in [2.05, 4.69) is 4.98 Å². The normalized spacial score (nSPS) is 17.5. The van der Waals surface area contributed by atoms with Gasteiger partial charge in [0.2, 0.25) is 0 Å². The van der Waals surface area contributed by atoms with Gasteiger partial charge in [0, 0.05) is 30.9 Å². The van der Waals surface area contributed by atoms with E-state index in [1.807, 2.05) is 25.8 Å². The second-order valence-corrected chi connectivity index (χ2v) is 14.7. The summed E-state index contributed by atoms with van der Waals surface area (Å²) in [6, 6.07) is 14.9. The minimum atomic E-state index is -3.94. The first kappa shape index (κ1) is 31.7. The third-order valence-electron chi connectivity index (χ3n) is 8.21. The van der Waals surface area contributed by atoms with Gasteiger partial charge in [-0.2, -0.15) is 8.42 Å². The fraction of sp³-hybridized carbons (Fsp3) is 0.375. The standard InChI is InChI=1S/C32H37N3O7S2/c1-5-41-32(36)29-20-33-31-28(18-19-35(31)43(37,38)26-14-6-22(2)7-15-26)30(29)34(4)25-12-10-24(11-13-25)21-42-44(39,40)27-16-8-23(3)9-17-27/h6-9,14-20,24-25H,5,10-13,21H2,1-4H3. The summed E-state index contributed by atoms with van der Waals surface area (Å²) in [5.41, 5.74) is 2.92. The van der Waals surface area contributed by atoms with Crippen LogP contribution in [0.1, 0.15) is 54.1 Å². The van der Waals surface area contributed by atoms with Crippen LogP contribution < -0.4 is 4.90 Å². The summed E-state index contributed by atoms with van der Waals surface area (Å²) in [6.07, 6.45) is 5.74. The first-order chi connectivity index (χ1) is 20.9. The molecule has 0 spiro atoms. The fourth-order valence-corrected chi connectivity index (χ4v) is 7.92. The molecule has 0 N–H and O–H groups in total. The highest BCUT2D eigenvalue weighted by atomic mass is 32.2. The molecular formula is C32H37N3O7S2. The second kappa shape index (κ2) is 12.7. The van der Waals surface area contributed by atoms with E-state index in [0.717, 1.165) is 40.8 Å². The zero-order valence-corrected chi connectivity index (χ0v) is 26.9. The Balaban J connectivity index is 1.38. The van der Waals surface area contributed by atoms with E-state index in [-0.39, 0.29) is 46.2 Å². The predicted octanol–water partition coefficient (Wildman–Crippen LogP) is 5.47.